The fraction of sp³-hybridized carbons (Fsp3) is 0.385. The molecule has 2 amide bonds. The zero-order chi connectivity index (χ0) is 24.0. The smallest absolute Gasteiger partial charge is 0.407 e. The van der Waals surface area contributed by atoms with Gasteiger partial charge in [-0.15, -0.1) is 0 Å². The van der Waals surface area contributed by atoms with E-state index >= 15 is 0 Å². The summed E-state index contributed by atoms with van der Waals surface area (Å²) in [5.41, 5.74) is 2.67. The molecule has 0 fully saturated rings. The first-order valence-electron chi connectivity index (χ1n) is 11.2. The normalized spacial score (nSPS) is 13.4. The standard InChI is InChI=1S/C26H33N3O4/c1-17(14-19(30)16-28-25(32)33-26(2,3)4)15-27-24(31)23-22(18-10-6-5-7-11-18)20-12-8-9-13-21(20)29-23/h5-13,17,19,29-30H,14-16H2,1-4H3,(H,27,31)(H,28,32)/t17-,19?/m0/s1. The number of hydrogen-bond donors (Lipinski definition) is 4. The average molecular weight is 452 g/mol. The summed E-state index contributed by atoms with van der Waals surface area (Å²) in [6.45, 7) is 7.78. The first-order chi connectivity index (χ1) is 15.6. The van der Waals surface area contributed by atoms with Gasteiger partial charge >= 0.3 is 6.09 Å². The summed E-state index contributed by atoms with van der Waals surface area (Å²) in [6.07, 6.45) is -0.874. The van der Waals surface area contributed by atoms with Crippen molar-refractivity contribution in [2.24, 2.45) is 5.92 Å². The highest BCUT2D eigenvalue weighted by Gasteiger charge is 2.21. The fourth-order valence-electron chi connectivity index (χ4n) is 3.72. The van der Waals surface area contributed by atoms with Crippen molar-refractivity contribution in [3.05, 3.63) is 60.3 Å². The molecule has 2 aromatic carbocycles. The predicted molar refractivity (Wildman–Crippen MR) is 130 cm³/mol. The number of carbonyl (C=O) groups is 2. The van der Waals surface area contributed by atoms with Gasteiger partial charge < -0.3 is 25.5 Å². The predicted octanol–water partition coefficient (Wildman–Crippen LogP) is 4.48. The quantitative estimate of drug-likeness (QED) is 0.405. The van der Waals surface area contributed by atoms with Gasteiger partial charge in [-0.25, -0.2) is 4.79 Å². The van der Waals surface area contributed by atoms with Crippen LogP contribution in [-0.4, -0.2) is 46.9 Å². The van der Waals surface area contributed by atoms with Gasteiger partial charge in [0.25, 0.3) is 5.91 Å². The second-order valence-corrected chi connectivity index (χ2v) is 9.37. The van der Waals surface area contributed by atoms with Crippen LogP contribution in [0.2, 0.25) is 0 Å². The van der Waals surface area contributed by atoms with Crippen molar-refractivity contribution in [1.82, 2.24) is 15.6 Å². The van der Waals surface area contributed by atoms with Crippen LogP contribution in [0.1, 0.15) is 44.6 Å². The lowest BCUT2D eigenvalue weighted by Crippen LogP contribution is -2.38. The molecule has 1 aromatic heterocycles. The summed E-state index contributed by atoms with van der Waals surface area (Å²) in [5.74, 6) is -0.188. The Hall–Kier alpha value is -3.32. The van der Waals surface area contributed by atoms with Crippen molar-refractivity contribution in [3.63, 3.8) is 0 Å². The van der Waals surface area contributed by atoms with E-state index < -0.39 is 17.8 Å². The van der Waals surface area contributed by atoms with Crippen molar-refractivity contribution in [2.45, 2.75) is 45.8 Å². The van der Waals surface area contributed by atoms with Gasteiger partial charge in [-0.2, -0.15) is 0 Å². The molecular weight excluding hydrogens is 418 g/mol. The van der Waals surface area contributed by atoms with Crippen LogP contribution in [0.5, 0.6) is 0 Å². The minimum Gasteiger partial charge on any atom is -0.444 e. The minimum atomic E-state index is -0.739. The van der Waals surface area contributed by atoms with E-state index in [9.17, 15) is 14.7 Å². The molecule has 0 radical (unpaired) electrons. The van der Waals surface area contributed by atoms with Crippen molar-refractivity contribution in [1.29, 1.82) is 0 Å². The third-order valence-electron chi connectivity index (χ3n) is 5.16. The summed E-state index contributed by atoms with van der Waals surface area (Å²) in [4.78, 5) is 28.1. The molecule has 0 saturated carbocycles. The van der Waals surface area contributed by atoms with Gasteiger partial charge in [-0.3, -0.25) is 4.79 Å². The maximum absolute atomic E-state index is 13.1. The molecular formula is C26H33N3O4. The van der Waals surface area contributed by atoms with Crippen molar-refractivity contribution >= 4 is 22.9 Å². The third-order valence-corrected chi connectivity index (χ3v) is 5.16. The molecule has 0 spiro atoms. The number of nitrogens with one attached hydrogen (secondary N) is 3. The number of amides is 2. The van der Waals surface area contributed by atoms with E-state index in [4.69, 9.17) is 4.74 Å². The molecule has 7 heteroatoms. The first kappa shape index (κ1) is 24.3. The van der Waals surface area contributed by atoms with Crippen LogP contribution in [0, 0.1) is 5.92 Å². The van der Waals surface area contributed by atoms with Gasteiger partial charge in [-0.05, 0) is 44.7 Å². The van der Waals surface area contributed by atoms with Crippen LogP contribution in [0.3, 0.4) is 0 Å². The molecule has 4 N–H and O–H groups in total. The Kier molecular flexibility index (Phi) is 7.76. The SMILES string of the molecule is C[C@H](CNC(=O)c1[nH]c2ccccc2c1-c1ccccc1)CC(O)CNC(=O)OC(C)(C)C. The maximum atomic E-state index is 13.1. The van der Waals surface area contributed by atoms with E-state index in [0.29, 0.717) is 18.7 Å². The molecule has 2 atom stereocenters. The minimum absolute atomic E-state index is 0.00828. The summed E-state index contributed by atoms with van der Waals surface area (Å²) < 4.78 is 5.17. The number of aliphatic hydroxyl groups is 1. The fourth-order valence-corrected chi connectivity index (χ4v) is 3.72. The van der Waals surface area contributed by atoms with Crippen LogP contribution in [0.4, 0.5) is 4.79 Å². The number of H-pyrrole nitrogens is 1. The van der Waals surface area contributed by atoms with Crippen LogP contribution >= 0.6 is 0 Å². The van der Waals surface area contributed by atoms with Crippen molar-refractivity contribution < 1.29 is 19.4 Å². The van der Waals surface area contributed by atoms with Gasteiger partial charge in [-0.1, -0.05) is 55.5 Å². The summed E-state index contributed by atoms with van der Waals surface area (Å²) >= 11 is 0. The van der Waals surface area contributed by atoms with Crippen molar-refractivity contribution in [3.8, 4) is 11.1 Å². The number of para-hydroxylation sites is 1. The van der Waals surface area contributed by atoms with Crippen molar-refractivity contribution in [2.75, 3.05) is 13.1 Å². The number of alkyl carbamates (subject to hydrolysis) is 1. The Labute approximate surface area is 194 Å². The Balaban J connectivity index is 1.59. The molecule has 33 heavy (non-hydrogen) atoms. The number of rotatable bonds is 8. The van der Waals surface area contributed by atoms with E-state index in [1.54, 1.807) is 20.8 Å². The van der Waals surface area contributed by atoms with Gasteiger partial charge in [0.1, 0.15) is 11.3 Å². The Morgan fingerprint density at radius 1 is 1.00 bits per heavy atom. The van der Waals surface area contributed by atoms with Crippen LogP contribution in [0.15, 0.2) is 54.6 Å². The monoisotopic (exact) mass is 451 g/mol. The van der Waals surface area contributed by atoms with Gasteiger partial charge in [0.15, 0.2) is 0 Å². The average Bonchev–Trinajstić information content (AvgIpc) is 3.15. The van der Waals surface area contributed by atoms with E-state index in [1.807, 2.05) is 61.5 Å². The van der Waals surface area contributed by atoms with Crippen LogP contribution in [0.25, 0.3) is 22.0 Å². The lowest BCUT2D eigenvalue weighted by Gasteiger charge is -2.21. The highest BCUT2D eigenvalue weighted by molar-refractivity contribution is 6.09. The molecule has 0 aliphatic heterocycles. The molecule has 0 bridgehead atoms. The van der Waals surface area contributed by atoms with Crippen LogP contribution < -0.4 is 10.6 Å². The molecule has 3 rings (SSSR count). The topological polar surface area (TPSA) is 103 Å². The molecule has 0 aliphatic rings. The molecule has 3 aromatic rings. The van der Waals surface area contributed by atoms with E-state index in [-0.39, 0.29) is 18.4 Å². The second kappa shape index (κ2) is 10.5. The van der Waals surface area contributed by atoms with E-state index in [1.165, 1.54) is 0 Å². The number of aromatic amines is 1. The highest BCUT2D eigenvalue weighted by Crippen LogP contribution is 2.32. The molecule has 0 aliphatic carbocycles. The van der Waals surface area contributed by atoms with Gasteiger partial charge in [0.05, 0.1) is 6.10 Å². The van der Waals surface area contributed by atoms with E-state index in [0.717, 1.165) is 22.0 Å². The third kappa shape index (κ3) is 6.83. The Bertz CT molecular complexity index is 1090. The molecule has 7 nitrogen and oxygen atoms in total. The zero-order valence-electron chi connectivity index (χ0n) is 19.6. The largest absolute Gasteiger partial charge is 0.444 e. The number of aromatic nitrogens is 1. The molecule has 176 valence electrons. The zero-order valence-corrected chi connectivity index (χ0v) is 19.6. The lowest BCUT2D eigenvalue weighted by molar-refractivity contribution is 0.0481. The lowest BCUT2D eigenvalue weighted by atomic mass is 10.0. The van der Waals surface area contributed by atoms with Crippen LogP contribution in [-0.2, 0) is 4.74 Å². The maximum Gasteiger partial charge on any atom is 0.407 e. The molecule has 0 saturated heterocycles. The molecule has 1 unspecified atom stereocenters. The number of hydrogen-bond acceptors (Lipinski definition) is 4. The highest BCUT2D eigenvalue weighted by atomic mass is 16.6. The first-order valence-corrected chi connectivity index (χ1v) is 11.2. The number of ether oxygens (including phenoxy) is 1. The number of fused-ring (bicyclic) bond motifs is 1. The number of carbonyl (C=O) groups excluding carboxylic acids is 2. The summed E-state index contributed by atoms with van der Waals surface area (Å²) in [7, 11) is 0. The van der Waals surface area contributed by atoms with E-state index in [2.05, 4.69) is 15.6 Å². The summed E-state index contributed by atoms with van der Waals surface area (Å²) in [6, 6.07) is 17.7. The Morgan fingerprint density at radius 3 is 2.36 bits per heavy atom. The summed E-state index contributed by atoms with van der Waals surface area (Å²) in [5, 5.41) is 16.8. The number of benzene rings is 2. The van der Waals surface area contributed by atoms with Gasteiger partial charge in [0.2, 0.25) is 0 Å². The molecule has 1 heterocycles. The van der Waals surface area contributed by atoms with Gasteiger partial charge in [0, 0.05) is 29.6 Å². The number of aliphatic hydroxyl groups excluding tert-OH is 1. The Morgan fingerprint density at radius 2 is 1.67 bits per heavy atom. The second-order valence-electron chi connectivity index (χ2n) is 9.37.